The zero-order valence-corrected chi connectivity index (χ0v) is 17.2. The van der Waals surface area contributed by atoms with Crippen LogP contribution in [0.5, 0.6) is 0 Å². The van der Waals surface area contributed by atoms with Crippen LogP contribution in [0.25, 0.3) is 0 Å². The predicted octanol–water partition coefficient (Wildman–Crippen LogP) is 2.95. The Morgan fingerprint density at radius 3 is 2.57 bits per heavy atom. The van der Waals surface area contributed by atoms with E-state index in [1.165, 1.54) is 8.61 Å². The van der Waals surface area contributed by atoms with E-state index in [-0.39, 0.29) is 12.5 Å². The fourth-order valence-corrected chi connectivity index (χ4v) is 5.09. The maximum absolute atomic E-state index is 13.0. The number of rotatable bonds is 6. The number of carbonyl (C=O) groups is 1. The number of carbonyl (C=O) groups excluding carboxylic acids is 1. The van der Waals surface area contributed by atoms with Gasteiger partial charge in [0.25, 0.3) is 10.2 Å². The molecule has 6 nitrogen and oxygen atoms in total. The third-order valence-electron chi connectivity index (χ3n) is 4.90. The normalized spacial score (nSPS) is 17.4. The third-order valence-corrected chi connectivity index (χ3v) is 6.83. The molecular formula is C21H27N3O3S. The fourth-order valence-electron chi connectivity index (χ4n) is 3.45. The van der Waals surface area contributed by atoms with Gasteiger partial charge in [0.2, 0.25) is 5.91 Å². The maximum Gasteiger partial charge on any atom is 0.282 e. The first-order chi connectivity index (χ1) is 13.4. The lowest BCUT2D eigenvalue weighted by molar-refractivity contribution is -0.116. The van der Waals surface area contributed by atoms with E-state index in [4.69, 9.17) is 0 Å². The van der Waals surface area contributed by atoms with Gasteiger partial charge in [-0.25, -0.2) is 0 Å². The third kappa shape index (κ3) is 4.79. The average Bonchev–Trinajstić information content (AvgIpc) is 2.66. The monoisotopic (exact) mass is 401 g/mol. The largest absolute Gasteiger partial charge is 0.325 e. The van der Waals surface area contributed by atoms with Crippen molar-refractivity contribution in [3.63, 3.8) is 0 Å². The van der Waals surface area contributed by atoms with Crippen molar-refractivity contribution < 1.29 is 13.2 Å². The molecule has 0 spiro atoms. The smallest absolute Gasteiger partial charge is 0.282 e. The van der Waals surface area contributed by atoms with E-state index < -0.39 is 10.2 Å². The number of para-hydroxylation sites is 1. The van der Waals surface area contributed by atoms with Gasteiger partial charge in [-0.3, -0.25) is 4.79 Å². The quantitative estimate of drug-likeness (QED) is 0.809. The summed E-state index contributed by atoms with van der Waals surface area (Å²) in [6.45, 7) is 4.97. The molecule has 0 atom stereocenters. The van der Waals surface area contributed by atoms with Gasteiger partial charge >= 0.3 is 0 Å². The molecule has 7 heteroatoms. The van der Waals surface area contributed by atoms with Gasteiger partial charge in [0.1, 0.15) is 0 Å². The van der Waals surface area contributed by atoms with Crippen molar-refractivity contribution in [2.75, 3.05) is 25.0 Å². The Morgan fingerprint density at radius 1 is 1.07 bits per heavy atom. The number of amides is 1. The molecule has 150 valence electrons. The van der Waals surface area contributed by atoms with Crippen LogP contribution in [-0.4, -0.2) is 42.6 Å². The van der Waals surface area contributed by atoms with E-state index in [0.717, 1.165) is 28.8 Å². The summed E-state index contributed by atoms with van der Waals surface area (Å²) in [5.41, 5.74) is 3.81. The molecule has 0 aliphatic carbocycles. The molecular weight excluding hydrogens is 374 g/mol. The summed E-state index contributed by atoms with van der Waals surface area (Å²) >= 11 is 0. The van der Waals surface area contributed by atoms with E-state index in [9.17, 15) is 13.2 Å². The highest BCUT2D eigenvalue weighted by Gasteiger charge is 2.34. The van der Waals surface area contributed by atoms with E-state index in [0.29, 0.717) is 26.1 Å². The molecule has 1 heterocycles. The summed E-state index contributed by atoms with van der Waals surface area (Å²) in [7, 11) is -3.67. The highest BCUT2D eigenvalue weighted by atomic mass is 32.2. The minimum atomic E-state index is -3.67. The van der Waals surface area contributed by atoms with Crippen LogP contribution in [-0.2, 0) is 28.0 Å². The van der Waals surface area contributed by atoms with Crippen LogP contribution in [0.1, 0.15) is 30.0 Å². The lowest BCUT2D eigenvalue weighted by Gasteiger charge is -2.34. The molecule has 1 aliphatic rings. The summed E-state index contributed by atoms with van der Waals surface area (Å²) in [6.07, 6.45) is 1.49. The number of hydrogen-bond donors (Lipinski definition) is 1. The number of anilines is 1. The summed E-state index contributed by atoms with van der Waals surface area (Å²) in [4.78, 5) is 12.5. The van der Waals surface area contributed by atoms with E-state index in [2.05, 4.69) is 5.32 Å². The van der Waals surface area contributed by atoms with Crippen molar-refractivity contribution in [2.45, 2.75) is 33.2 Å². The first-order valence-corrected chi connectivity index (χ1v) is 11.0. The number of nitrogens with one attached hydrogen (secondary N) is 1. The standard InChI is InChI=1S/C21H27N3O3S/c1-3-19-10-4-5-11-20(19)22-21(25)16-24-13-7-12-23(28(24,26)27)15-18-9-6-8-17(2)14-18/h4-6,8-11,14H,3,7,12-13,15-16H2,1-2H3,(H,22,25). The molecule has 1 saturated heterocycles. The van der Waals surface area contributed by atoms with Gasteiger partial charge < -0.3 is 5.32 Å². The Labute approximate surface area is 167 Å². The van der Waals surface area contributed by atoms with Crippen molar-refractivity contribution in [3.05, 3.63) is 65.2 Å². The topological polar surface area (TPSA) is 69.7 Å². The number of hydrogen-bond acceptors (Lipinski definition) is 3. The Morgan fingerprint density at radius 2 is 1.82 bits per heavy atom. The first kappa shape index (κ1) is 20.5. The zero-order chi connectivity index (χ0) is 20.1. The molecule has 3 rings (SSSR count). The van der Waals surface area contributed by atoms with Crippen LogP contribution in [0.2, 0.25) is 0 Å². The molecule has 2 aromatic rings. The Bertz CT molecular complexity index is 943. The lowest BCUT2D eigenvalue weighted by atomic mass is 10.1. The molecule has 0 bridgehead atoms. The fraction of sp³-hybridized carbons (Fsp3) is 0.381. The summed E-state index contributed by atoms with van der Waals surface area (Å²) < 4.78 is 28.7. The molecule has 1 amide bonds. The molecule has 28 heavy (non-hydrogen) atoms. The van der Waals surface area contributed by atoms with Crippen molar-refractivity contribution in [1.82, 2.24) is 8.61 Å². The van der Waals surface area contributed by atoms with Crippen LogP contribution < -0.4 is 5.32 Å². The SMILES string of the molecule is CCc1ccccc1NC(=O)CN1CCCN(Cc2cccc(C)c2)S1(=O)=O. The molecule has 0 saturated carbocycles. The van der Waals surface area contributed by atoms with Crippen molar-refractivity contribution in [1.29, 1.82) is 0 Å². The summed E-state index contributed by atoms with van der Waals surface area (Å²) in [5.74, 6) is -0.318. The van der Waals surface area contributed by atoms with Crippen LogP contribution in [0.4, 0.5) is 5.69 Å². The summed E-state index contributed by atoms with van der Waals surface area (Å²) in [5, 5.41) is 2.85. The number of benzene rings is 2. The van der Waals surface area contributed by atoms with Crippen molar-refractivity contribution in [2.24, 2.45) is 0 Å². The average molecular weight is 402 g/mol. The van der Waals surface area contributed by atoms with Gasteiger partial charge in [0, 0.05) is 25.3 Å². The second-order valence-corrected chi connectivity index (χ2v) is 9.00. The molecule has 2 aromatic carbocycles. The molecule has 0 unspecified atom stereocenters. The molecule has 0 radical (unpaired) electrons. The summed E-state index contributed by atoms with van der Waals surface area (Å²) in [6, 6.07) is 15.4. The second kappa shape index (κ2) is 8.86. The van der Waals surface area contributed by atoms with Crippen LogP contribution in [0.15, 0.2) is 48.5 Å². The number of nitrogens with zero attached hydrogens (tertiary/aromatic N) is 2. The predicted molar refractivity (Wildman–Crippen MR) is 111 cm³/mol. The molecule has 1 aliphatic heterocycles. The van der Waals surface area contributed by atoms with Crippen molar-refractivity contribution in [3.8, 4) is 0 Å². The van der Waals surface area contributed by atoms with Gasteiger partial charge in [-0.15, -0.1) is 0 Å². The Hall–Kier alpha value is -2.22. The Kier molecular flexibility index (Phi) is 6.49. The highest BCUT2D eigenvalue weighted by molar-refractivity contribution is 7.86. The molecule has 0 aromatic heterocycles. The molecule has 1 N–H and O–H groups in total. The van der Waals surface area contributed by atoms with Crippen molar-refractivity contribution >= 4 is 21.8 Å². The Balaban J connectivity index is 1.69. The van der Waals surface area contributed by atoms with Gasteiger partial charge in [0.05, 0.1) is 6.54 Å². The van der Waals surface area contributed by atoms with Gasteiger partial charge in [0.15, 0.2) is 0 Å². The van der Waals surface area contributed by atoms with Crippen LogP contribution >= 0.6 is 0 Å². The molecule has 1 fully saturated rings. The van der Waals surface area contributed by atoms with Gasteiger partial charge in [-0.2, -0.15) is 17.0 Å². The minimum absolute atomic E-state index is 0.176. The van der Waals surface area contributed by atoms with E-state index >= 15 is 0 Å². The number of aryl methyl sites for hydroxylation is 2. The lowest BCUT2D eigenvalue weighted by Crippen LogP contribution is -2.51. The van der Waals surface area contributed by atoms with E-state index in [1.807, 2.05) is 62.4 Å². The second-order valence-electron chi connectivity index (χ2n) is 7.08. The van der Waals surface area contributed by atoms with Gasteiger partial charge in [-0.05, 0) is 37.0 Å². The van der Waals surface area contributed by atoms with Gasteiger partial charge in [-0.1, -0.05) is 55.0 Å². The minimum Gasteiger partial charge on any atom is -0.325 e. The van der Waals surface area contributed by atoms with Crippen LogP contribution in [0, 0.1) is 6.92 Å². The first-order valence-electron chi connectivity index (χ1n) is 9.58. The maximum atomic E-state index is 13.0. The van der Waals surface area contributed by atoms with E-state index in [1.54, 1.807) is 0 Å². The highest BCUT2D eigenvalue weighted by Crippen LogP contribution is 2.20. The van der Waals surface area contributed by atoms with Crippen LogP contribution in [0.3, 0.4) is 0 Å². The zero-order valence-electron chi connectivity index (χ0n) is 16.4.